The zero-order valence-corrected chi connectivity index (χ0v) is 11.8. The Hall–Kier alpha value is -1.80. The monoisotopic (exact) mass is 318 g/mol. The van der Waals surface area contributed by atoms with Gasteiger partial charge < -0.3 is 20.1 Å². The Balaban J connectivity index is 1.90. The number of nitrogens with one attached hydrogen (secondary N) is 2. The van der Waals surface area contributed by atoms with E-state index in [1.54, 1.807) is 18.2 Å². The molecular formula is C14H17F3N2O3. The van der Waals surface area contributed by atoms with Gasteiger partial charge in [0.15, 0.2) is 6.61 Å². The highest BCUT2D eigenvalue weighted by Crippen LogP contribution is 2.22. The van der Waals surface area contributed by atoms with Gasteiger partial charge in [-0.2, -0.15) is 13.2 Å². The maximum Gasteiger partial charge on any atom is 0.422 e. The van der Waals surface area contributed by atoms with Gasteiger partial charge in [0.2, 0.25) is 5.91 Å². The van der Waals surface area contributed by atoms with E-state index in [0.717, 1.165) is 0 Å². The molecule has 0 aliphatic carbocycles. The number of para-hydroxylation sites is 1. The lowest BCUT2D eigenvalue weighted by Crippen LogP contribution is -2.51. The van der Waals surface area contributed by atoms with Crippen molar-refractivity contribution in [2.24, 2.45) is 0 Å². The summed E-state index contributed by atoms with van der Waals surface area (Å²) < 4.78 is 46.6. The van der Waals surface area contributed by atoms with Crippen LogP contribution in [0.25, 0.3) is 0 Å². The fourth-order valence-corrected chi connectivity index (χ4v) is 1.99. The molecule has 1 unspecified atom stereocenters. The van der Waals surface area contributed by atoms with Gasteiger partial charge in [-0.05, 0) is 6.07 Å². The van der Waals surface area contributed by atoms with Gasteiger partial charge in [-0.15, -0.1) is 0 Å². The summed E-state index contributed by atoms with van der Waals surface area (Å²) in [7, 11) is 0. The van der Waals surface area contributed by atoms with E-state index in [4.69, 9.17) is 9.47 Å². The third kappa shape index (κ3) is 5.19. The third-order valence-electron chi connectivity index (χ3n) is 3.06. The SMILES string of the molecule is O=C(NCc1ccccc1OCC(F)(F)F)C1COCCN1. The average Bonchev–Trinajstić information content (AvgIpc) is 2.51. The molecule has 1 aromatic rings. The first-order chi connectivity index (χ1) is 10.5. The van der Waals surface area contributed by atoms with Crippen molar-refractivity contribution < 1.29 is 27.4 Å². The lowest BCUT2D eigenvalue weighted by molar-refractivity contribution is -0.153. The van der Waals surface area contributed by atoms with Crippen LogP contribution < -0.4 is 15.4 Å². The summed E-state index contributed by atoms with van der Waals surface area (Å²) in [4.78, 5) is 11.9. The van der Waals surface area contributed by atoms with Crippen LogP contribution in [0.4, 0.5) is 13.2 Å². The normalized spacial score (nSPS) is 18.8. The number of morpholine rings is 1. The minimum absolute atomic E-state index is 0.0883. The summed E-state index contributed by atoms with van der Waals surface area (Å²) >= 11 is 0. The van der Waals surface area contributed by atoms with E-state index in [0.29, 0.717) is 18.7 Å². The van der Waals surface area contributed by atoms with E-state index in [1.165, 1.54) is 6.07 Å². The molecule has 1 aliphatic rings. The summed E-state index contributed by atoms with van der Waals surface area (Å²) in [5, 5.41) is 5.66. The van der Waals surface area contributed by atoms with Crippen molar-refractivity contribution in [3.63, 3.8) is 0 Å². The summed E-state index contributed by atoms with van der Waals surface area (Å²) in [6, 6.07) is 5.85. The summed E-state index contributed by atoms with van der Waals surface area (Å²) in [5.74, 6) is -0.154. The Morgan fingerprint density at radius 2 is 2.18 bits per heavy atom. The van der Waals surface area contributed by atoms with E-state index in [-0.39, 0.29) is 24.8 Å². The minimum atomic E-state index is -4.40. The molecule has 1 fully saturated rings. The van der Waals surface area contributed by atoms with Crippen LogP contribution in [0.2, 0.25) is 0 Å². The molecule has 0 radical (unpaired) electrons. The molecule has 22 heavy (non-hydrogen) atoms. The molecule has 1 aromatic carbocycles. The Labute approximate surface area is 125 Å². The smallest absolute Gasteiger partial charge is 0.422 e. The quantitative estimate of drug-likeness (QED) is 0.857. The van der Waals surface area contributed by atoms with Gasteiger partial charge in [-0.25, -0.2) is 0 Å². The van der Waals surface area contributed by atoms with E-state index in [1.807, 2.05) is 0 Å². The summed E-state index contributed by atoms with van der Waals surface area (Å²) in [6.07, 6.45) is -4.40. The minimum Gasteiger partial charge on any atom is -0.484 e. The van der Waals surface area contributed by atoms with Crippen LogP contribution in [-0.2, 0) is 16.1 Å². The fraction of sp³-hybridized carbons (Fsp3) is 0.500. The van der Waals surface area contributed by atoms with Gasteiger partial charge in [0, 0.05) is 18.7 Å². The first-order valence-electron chi connectivity index (χ1n) is 6.82. The van der Waals surface area contributed by atoms with Crippen LogP contribution in [-0.4, -0.2) is 44.5 Å². The van der Waals surface area contributed by atoms with Crippen molar-refractivity contribution in [3.05, 3.63) is 29.8 Å². The van der Waals surface area contributed by atoms with Crippen molar-refractivity contribution in [1.29, 1.82) is 0 Å². The van der Waals surface area contributed by atoms with Crippen LogP contribution in [0.5, 0.6) is 5.75 Å². The molecule has 2 rings (SSSR count). The zero-order chi connectivity index (χ0) is 16.0. The van der Waals surface area contributed by atoms with Gasteiger partial charge in [0.1, 0.15) is 11.8 Å². The molecule has 1 amide bonds. The van der Waals surface area contributed by atoms with E-state index < -0.39 is 18.8 Å². The second-order valence-corrected chi connectivity index (χ2v) is 4.81. The Morgan fingerprint density at radius 3 is 2.86 bits per heavy atom. The molecule has 1 heterocycles. The van der Waals surface area contributed by atoms with Crippen molar-refractivity contribution in [2.45, 2.75) is 18.8 Å². The predicted octanol–water partition coefficient (Wildman–Crippen LogP) is 1.23. The highest BCUT2D eigenvalue weighted by atomic mass is 19.4. The van der Waals surface area contributed by atoms with Gasteiger partial charge in [-0.1, -0.05) is 18.2 Å². The van der Waals surface area contributed by atoms with Crippen LogP contribution >= 0.6 is 0 Å². The second kappa shape index (κ2) is 7.46. The van der Waals surface area contributed by atoms with Crippen molar-refractivity contribution in [3.8, 4) is 5.75 Å². The number of alkyl halides is 3. The number of hydrogen-bond acceptors (Lipinski definition) is 4. The summed E-state index contributed by atoms with van der Waals surface area (Å²) in [6.45, 7) is 0.139. The number of halogens is 3. The fourth-order valence-electron chi connectivity index (χ4n) is 1.99. The number of rotatable bonds is 5. The lowest BCUT2D eigenvalue weighted by Gasteiger charge is -2.23. The van der Waals surface area contributed by atoms with Crippen molar-refractivity contribution >= 4 is 5.91 Å². The van der Waals surface area contributed by atoms with E-state index in [9.17, 15) is 18.0 Å². The number of hydrogen-bond donors (Lipinski definition) is 2. The Kier molecular flexibility index (Phi) is 5.62. The Morgan fingerprint density at radius 1 is 1.41 bits per heavy atom. The van der Waals surface area contributed by atoms with Crippen molar-refractivity contribution in [2.75, 3.05) is 26.4 Å². The molecule has 5 nitrogen and oxygen atoms in total. The predicted molar refractivity (Wildman–Crippen MR) is 72.4 cm³/mol. The highest BCUT2D eigenvalue weighted by molar-refractivity contribution is 5.82. The molecule has 8 heteroatoms. The molecule has 2 N–H and O–H groups in total. The average molecular weight is 318 g/mol. The first kappa shape index (κ1) is 16.6. The van der Waals surface area contributed by atoms with Gasteiger partial charge >= 0.3 is 6.18 Å². The number of amides is 1. The van der Waals surface area contributed by atoms with E-state index >= 15 is 0 Å². The van der Waals surface area contributed by atoms with Gasteiger partial charge in [0.25, 0.3) is 0 Å². The molecule has 1 saturated heterocycles. The summed E-state index contributed by atoms with van der Waals surface area (Å²) in [5.41, 5.74) is 0.483. The second-order valence-electron chi connectivity index (χ2n) is 4.81. The number of carbonyl (C=O) groups is 1. The van der Waals surface area contributed by atoms with Gasteiger partial charge in [-0.3, -0.25) is 4.79 Å². The number of carbonyl (C=O) groups excluding carboxylic acids is 1. The standard InChI is InChI=1S/C14H17F3N2O3/c15-14(16,17)9-22-12-4-2-1-3-10(12)7-19-13(20)11-8-21-6-5-18-11/h1-4,11,18H,5-9H2,(H,19,20). The van der Waals surface area contributed by atoms with Crippen molar-refractivity contribution in [1.82, 2.24) is 10.6 Å². The molecule has 0 bridgehead atoms. The molecule has 1 atom stereocenters. The molecule has 0 saturated carbocycles. The lowest BCUT2D eigenvalue weighted by atomic mass is 10.2. The van der Waals surface area contributed by atoms with Crippen LogP contribution in [0.15, 0.2) is 24.3 Å². The Bertz CT molecular complexity index is 502. The highest BCUT2D eigenvalue weighted by Gasteiger charge is 2.29. The maximum absolute atomic E-state index is 12.2. The van der Waals surface area contributed by atoms with Crippen LogP contribution in [0.3, 0.4) is 0 Å². The topological polar surface area (TPSA) is 59.6 Å². The van der Waals surface area contributed by atoms with Gasteiger partial charge in [0.05, 0.1) is 13.2 Å². The maximum atomic E-state index is 12.2. The molecule has 0 aromatic heterocycles. The zero-order valence-electron chi connectivity index (χ0n) is 11.8. The number of ether oxygens (including phenoxy) is 2. The van der Waals surface area contributed by atoms with E-state index in [2.05, 4.69) is 10.6 Å². The molecule has 122 valence electrons. The third-order valence-corrected chi connectivity index (χ3v) is 3.06. The largest absolute Gasteiger partial charge is 0.484 e. The van der Waals surface area contributed by atoms with Crippen LogP contribution in [0.1, 0.15) is 5.56 Å². The first-order valence-corrected chi connectivity index (χ1v) is 6.82. The molecule has 0 spiro atoms. The molecule has 1 aliphatic heterocycles. The number of benzene rings is 1. The molecular weight excluding hydrogens is 301 g/mol. The van der Waals surface area contributed by atoms with Crippen LogP contribution in [0, 0.1) is 0 Å².